The minimum atomic E-state index is -0.724. The van der Waals surface area contributed by atoms with Crippen molar-refractivity contribution < 1.29 is 23.8 Å². The summed E-state index contributed by atoms with van der Waals surface area (Å²) in [7, 11) is 0. The molecule has 1 saturated carbocycles. The van der Waals surface area contributed by atoms with E-state index in [4.69, 9.17) is 9.15 Å². The van der Waals surface area contributed by atoms with Crippen molar-refractivity contribution in [3.8, 4) is 5.75 Å². The Labute approximate surface area is 176 Å². The predicted octanol–water partition coefficient (Wildman–Crippen LogP) is 4.82. The molecule has 1 N–H and O–H groups in total. The van der Waals surface area contributed by atoms with Crippen LogP contribution in [0, 0.1) is 0 Å². The number of amides is 1. The van der Waals surface area contributed by atoms with Gasteiger partial charge >= 0.3 is 0 Å². The molecule has 1 aromatic heterocycles. The molecule has 2 fully saturated rings. The van der Waals surface area contributed by atoms with Crippen LogP contribution in [0.15, 0.2) is 52.7 Å². The molecule has 2 aliphatic rings. The summed E-state index contributed by atoms with van der Waals surface area (Å²) < 4.78 is 11.3. The molecule has 6 heteroatoms. The number of hydrogen-bond donors (Lipinski definition) is 1. The first-order chi connectivity index (χ1) is 14.5. The van der Waals surface area contributed by atoms with E-state index in [1.807, 2.05) is 13.8 Å². The van der Waals surface area contributed by atoms with Gasteiger partial charge in [0.1, 0.15) is 23.3 Å². The standard InChI is InChI=1S/C24H27NO5/c1-15(2)30-18-11-6-8-16(14-18)22(26)20-21(19-12-7-13-29-19)25(24(28)23(20)27)17-9-4-3-5-10-17/h6-8,11-15,17,21,26H,3-5,9-10H2,1-2H3/b22-20-. The van der Waals surface area contributed by atoms with Crippen LogP contribution in [0.4, 0.5) is 0 Å². The normalized spacial score (nSPS) is 22.1. The number of hydrogen-bond acceptors (Lipinski definition) is 5. The topological polar surface area (TPSA) is 80.0 Å². The van der Waals surface area contributed by atoms with Crippen LogP contribution >= 0.6 is 0 Å². The van der Waals surface area contributed by atoms with Gasteiger partial charge in [0.2, 0.25) is 0 Å². The second kappa shape index (κ2) is 8.38. The fourth-order valence-electron chi connectivity index (χ4n) is 4.46. The number of nitrogens with zero attached hydrogens (tertiary/aromatic N) is 1. The summed E-state index contributed by atoms with van der Waals surface area (Å²) in [5.74, 6) is -0.377. The van der Waals surface area contributed by atoms with E-state index in [0.717, 1.165) is 32.1 Å². The molecule has 1 saturated heterocycles. The molecular weight excluding hydrogens is 382 g/mol. The molecule has 1 aliphatic carbocycles. The van der Waals surface area contributed by atoms with Crippen molar-refractivity contribution in [2.24, 2.45) is 0 Å². The van der Waals surface area contributed by atoms with E-state index >= 15 is 0 Å². The Morgan fingerprint density at radius 1 is 1.13 bits per heavy atom. The second-order valence-corrected chi connectivity index (χ2v) is 8.21. The van der Waals surface area contributed by atoms with Gasteiger partial charge in [-0.05, 0) is 51.0 Å². The molecule has 4 rings (SSSR count). The first kappa shape index (κ1) is 20.3. The Hall–Kier alpha value is -3.02. The fraction of sp³-hybridized carbons (Fsp3) is 0.417. The molecule has 1 aliphatic heterocycles. The van der Waals surface area contributed by atoms with Gasteiger partial charge in [0.25, 0.3) is 11.7 Å². The van der Waals surface area contributed by atoms with Crippen molar-refractivity contribution in [1.82, 2.24) is 4.90 Å². The molecule has 158 valence electrons. The lowest BCUT2D eigenvalue weighted by molar-refractivity contribution is -0.142. The van der Waals surface area contributed by atoms with Gasteiger partial charge in [-0.25, -0.2) is 0 Å². The van der Waals surface area contributed by atoms with Crippen LogP contribution in [-0.2, 0) is 9.59 Å². The highest BCUT2D eigenvalue weighted by atomic mass is 16.5. The number of benzene rings is 1. The summed E-state index contributed by atoms with van der Waals surface area (Å²) >= 11 is 0. The Morgan fingerprint density at radius 3 is 2.57 bits per heavy atom. The Balaban J connectivity index is 1.80. The van der Waals surface area contributed by atoms with Crippen LogP contribution in [-0.4, -0.2) is 33.8 Å². The maximum absolute atomic E-state index is 13.1. The maximum atomic E-state index is 13.1. The zero-order valence-electron chi connectivity index (χ0n) is 17.3. The number of carbonyl (C=O) groups excluding carboxylic acids is 2. The van der Waals surface area contributed by atoms with Crippen LogP contribution in [0.25, 0.3) is 5.76 Å². The molecule has 1 amide bonds. The molecule has 2 heterocycles. The maximum Gasteiger partial charge on any atom is 0.296 e. The highest BCUT2D eigenvalue weighted by molar-refractivity contribution is 6.46. The van der Waals surface area contributed by atoms with E-state index in [1.54, 1.807) is 41.3 Å². The number of likely N-dealkylation sites (tertiary alicyclic amines) is 1. The molecule has 6 nitrogen and oxygen atoms in total. The first-order valence-corrected chi connectivity index (χ1v) is 10.6. The summed E-state index contributed by atoms with van der Waals surface area (Å²) in [6.45, 7) is 3.83. The van der Waals surface area contributed by atoms with Crippen LogP contribution < -0.4 is 4.74 Å². The van der Waals surface area contributed by atoms with Gasteiger partial charge in [-0.2, -0.15) is 0 Å². The van der Waals surface area contributed by atoms with Crippen molar-refractivity contribution >= 4 is 17.4 Å². The Morgan fingerprint density at radius 2 is 1.90 bits per heavy atom. The Kier molecular flexibility index (Phi) is 5.66. The number of aliphatic hydroxyl groups is 1. The van der Waals surface area contributed by atoms with E-state index < -0.39 is 17.7 Å². The van der Waals surface area contributed by atoms with Crippen molar-refractivity contribution in [2.45, 2.75) is 64.1 Å². The summed E-state index contributed by atoms with van der Waals surface area (Å²) in [4.78, 5) is 27.7. The average Bonchev–Trinajstić information content (AvgIpc) is 3.35. The van der Waals surface area contributed by atoms with E-state index in [2.05, 4.69) is 0 Å². The molecule has 0 spiro atoms. The third-order valence-corrected chi connectivity index (χ3v) is 5.74. The zero-order valence-corrected chi connectivity index (χ0v) is 17.3. The molecule has 0 bridgehead atoms. The molecule has 30 heavy (non-hydrogen) atoms. The van der Waals surface area contributed by atoms with Crippen LogP contribution in [0.3, 0.4) is 0 Å². The highest BCUT2D eigenvalue weighted by Gasteiger charge is 2.50. The fourth-order valence-corrected chi connectivity index (χ4v) is 4.46. The van der Waals surface area contributed by atoms with Gasteiger partial charge < -0.3 is 19.2 Å². The number of ether oxygens (including phenoxy) is 1. The number of aliphatic hydroxyl groups excluding tert-OH is 1. The van der Waals surface area contributed by atoms with E-state index in [1.165, 1.54) is 6.26 Å². The van der Waals surface area contributed by atoms with Gasteiger partial charge in [-0.3, -0.25) is 9.59 Å². The number of ketones is 1. The van der Waals surface area contributed by atoms with E-state index in [0.29, 0.717) is 17.1 Å². The molecule has 1 atom stereocenters. The van der Waals surface area contributed by atoms with Crippen molar-refractivity contribution in [2.75, 3.05) is 0 Å². The lowest BCUT2D eigenvalue weighted by Gasteiger charge is -2.34. The van der Waals surface area contributed by atoms with Crippen LogP contribution in [0.5, 0.6) is 5.75 Å². The minimum absolute atomic E-state index is 0.0256. The molecule has 1 aromatic carbocycles. The van der Waals surface area contributed by atoms with Crippen molar-refractivity contribution in [3.05, 3.63) is 59.6 Å². The molecule has 0 radical (unpaired) electrons. The van der Waals surface area contributed by atoms with Gasteiger partial charge in [-0.15, -0.1) is 0 Å². The number of rotatable bonds is 5. The SMILES string of the molecule is CC(C)Oc1cccc(/C(O)=C2/C(=O)C(=O)N(C3CCCCC3)C2c2ccco2)c1. The predicted molar refractivity (Wildman–Crippen MR) is 112 cm³/mol. The first-order valence-electron chi connectivity index (χ1n) is 10.6. The number of Topliss-reactive ketones (excluding diaryl/α,β-unsaturated/α-hetero) is 1. The van der Waals surface area contributed by atoms with Crippen LogP contribution in [0.2, 0.25) is 0 Å². The van der Waals surface area contributed by atoms with Crippen LogP contribution in [0.1, 0.15) is 63.3 Å². The average molecular weight is 409 g/mol. The Bertz CT molecular complexity index is 954. The lowest BCUT2D eigenvalue weighted by atomic mass is 9.92. The van der Waals surface area contributed by atoms with Crippen molar-refractivity contribution in [1.29, 1.82) is 0 Å². The third-order valence-electron chi connectivity index (χ3n) is 5.74. The van der Waals surface area contributed by atoms with Gasteiger partial charge in [0.05, 0.1) is 17.9 Å². The lowest BCUT2D eigenvalue weighted by Crippen LogP contribution is -2.40. The van der Waals surface area contributed by atoms with Gasteiger partial charge in [0, 0.05) is 11.6 Å². The number of carbonyl (C=O) groups is 2. The monoisotopic (exact) mass is 409 g/mol. The van der Waals surface area contributed by atoms with Gasteiger partial charge in [-0.1, -0.05) is 31.4 Å². The largest absolute Gasteiger partial charge is 0.507 e. The summed E-state index contributed by atoms with van der Waals surface area (Å²) in [5.41, 5.74) is 0.508. The summed E-state index contributed by atoms with van der Waals surface area (Å²) in [6, 6.07) is 9.65. The summed E-state index contributed by atoms with van der Waals surface area (Å²) in [6.07, 6.45) is 6.37. The van der Waals surface area contributed by atoms with Crippen molar-refractivity contribution in [3.63, 3.8) is 0 Å². The zero-order chi connectivity index (χ0) is 21.3. The minimum Gasteiger partial charge on any atom is -0.507 e. The second-order valence-electron chi connectivity index (χ2n) is 8.21. The molecule has 2 aromatic rings. The van der Waals surface area contributed by atoms with E-state index in [-0.39, 0.29) is 23.5 Å². The van der Waals surface area contributed by atoms with Gasteiger partial charge in [0.15, 0.2) is 0 Å². The highest BCUT2D eigenvalue weighted by Crippen LogP contribution is 2.43. The smallest absolute Gasteiger partial charge is 0.296 e. The molecular formula is C24H27NO5. The third kappa shape index (κ3) is 3.74. The summed E-state index contributed by atoms with van der Waals surface area (Å²) in [5, 5.41) is 11.1. The number of furan rings is 1. The van der Waals surface area contributed by atoms with E-state index in [9.17, 15) is 14.7 Å². The quantitative estimate of drug-likeness (QED) is 0.435. The molecule has 1 unspecified atom stereocenters.